The third-order valence-corrected chi connectivity index (χ3v) is 3.78. The first-order valence-electron chi connectivity index (χ1n) is 7.48. The van der Waals surface area contributed by atoms with Crippen molar-refractivity contribution in [3.8, 4) is 0 Å². The average Bonchev–Trinajstić information content (AvgIpc) is 2.96. The van der Waals surface area contributed by atoms with Crippen LogP contribution in [0.2, 0.25) is 0 Å². The minimum atomic E-state index is -0.518. The smallest absolute Gasteiger partial charge is 0.271 e. The summed E-state index contributed by atoms with van der Waals surface area (Å²) in [6.45, 7) is 1.75. The van der Waals surface area contributed by atoms with Crippen LogP contribution in [0.3, 0.4) is 0 Å². The summed E-state index contributed by atoms with van der Waals surface area (Å²) in [5, 5.41) is 14.7. The molecule has 2 aromatic carbocycles. The van der Waals surface area contributed by atoms with Gasteiger partial charge in [0.25, 0.3) is 11.6 Å². The van der Waals surface area contributed by atoms with Crippen LogP contribution in [0.15, 0.2) is 53.6 Å². The minimum absolute atomic E-state index is 0.0732. The summed E-state index contributed by atoms with van der Waals surface area (Å²) in [5.74, 6) is 0.193. The van der Waals surface area contributed by atoms with E-state index in [-0.39, 0.29) is 11.3 Å². The van der Waals surface area contributed by atoms with Crippen LogP contribution in [-0.4, -0.2) is 26.1 Å². The number of rotatable bonds is 4. The lowest BCUT2D eigenvalue weighted by atomic mass is 10.2. The summed E-state index contributed by atoms with van der Waals surface area (Å²) in [6.07, 6.45) is 0. The second-order valence-electron chi connectivity index (χ2n) is 5.43. The molecule has 0 saturated carbocycles. The Hall–Kier alpha value is -3.55. The summed E-state index contributed by atoms with van der Waals surface area (Å²) in [4.78, 5) is 26.7. The van der Waals surface area contributed by atoms with Crippen molar-refractivity contribution in [1.82, 2.24) is 15.0 Å². The summed E-state index contributed by atoms with van der Waals surface area (Å²) < 4.78 is 1.90. The maximum Gasteiger partial charge on any atom is 0.271 e. The van der Waals surface area contributed by atoms with Gasteiger partial charge in [0.15, 0.2) is 5.82 Å². The van der Waals surface area contributed by atoms with Crippen molar-refractivity contribution in [2.24, 2.45) is 12.1 Å². The van der Waals surface area contributed by atoms with E-state index in [1.165, 1.54) is 24.3 Å². The predicted octanol–water partition coefficient (Wildman–Crippen LogP) is 2.64. The Morgan fingerprint density at radius 3 is 2.52 bits per heavy atom. The number of imidazole rings is 1. The molecule has 0 unspecified atom stereocenters. The number of amides is 1. The molecule has 0 radical (unpaired) electrons. The van der Waals surface area contributed by atoms with E-state index in [0.29, 0.717) is 11.5 Å². The van der Waals surface area contributed by atoms with Crippen molar-refractivity contribution in [2.75, 3.05) is 0 Å². The van der Waals surface area contributed by atoms with Crippen molar-refractivity contribution < 1.29 is 9.72 Å². The van der Waals surface area contributed by atoms with Gasteiger partial charge in [0.2, 0.25) is 0 Å². The second kappa shape index (κ2) is 6.52. The van der Waals surface area contributed by atoms with Gasteiger partial charge in [-0.1, -0.05) is 12.1 Å². The number of nitro benzene ring substituents is 1. The number of non-ortho nitro benzene ring substituents is 1. The SMILES string of the molecule is C/C(=N/NC(=O)c1ccc([N+](=O)[O-])cc1)c1nc2ccccc2n1C. The number of aromatic nitrogens is 2. The number of carbonyl (C=O) groups excluding carboxylic acids is 1. The monoisotopic (exact) mass is 337 g/mol. The first-order chi connectivity index (χ1) is 12.0. The van der Waals surface area contributed by atoms with Crippen molar-refractivity contribution in [1.29, 1.82) is 0 Å². The number of nitro groups is 1. The van der Waals surface area contributed by atoms with E-state index in [4.69, 9.17) is 0 Å². The third kappa shape index (κ3) is 3.23. The van der Waals surface area contributed by atoms with Gasteiger partial charge in [-0.25, -0.2) is 10.4 Å². The third-order valence-electron chi connectivity index (χ3n) is 3.78. The Kier molecular flexibility index (Phi) is 4.25. The highest BCUT2D eigenvalue weighted by molar-refractivity contribution is 6.00. The summed E-state index contributed by atoms with van der Waals surface area (Å²) >= 11 is 0. The van der Waals surface area contributed by atoms with E-state index in [2.05, 4.69) is 15.5 Å². The second-order valence-corrected chi connectivity index (χ2v) is 5.43. The normalized spacial score (nSPS) is 11.5. The zero-order chi connectivity index (χ0) is 18.0. The Balaban J connectivity index is 1.79. The highest BCUT2D eigenvalue weighted by Gasteiger charge is 2.12. The molecule has 0 bridgehead atoms. The van der Waals surface area contributed by atoms with Gasteiger partial charge in [-0.15, -0.1) is 0 Å². The molecule has 0 atom stereocenters. The highest BCUT2D eigenvalue weighted by atomic mass is 16.6. The van der Waals surface area contributed by atoms with E-state index in [1.807, 2.05) is 35.9 Å². The zero-order valence-corrected chi connectivity index (χ0v) is 13.6. The van der Waals surface area contributed by atoms with Crippen LogP contribution >= 0.6 is 0 Å². The van der Waals surface area contributed by atoms with Gasteiger partial charge >= 0.3 is 0 Å². The van der Waals surface area contributed by atoms with Crippen molar-refractivity contribution in [3.63, 3.8) is 0 Å². The fourth-order valence-corrected chi connectivity index (χ4v) is 2.45. The van der Waals surface area contributed by atoms with E-state index >= 15 is 0 Å². The molecule has 1 N–H and O–H groups in total. The molecule has 1 aromatic heterocycles. The fourth-order valence-electron chi connectivity index (χ4n) is 2.45. The molecule has 0 aliphatic heterocycles. The van der Waals surface area contributed by atoms with Gasteiger partial charge < -0.3 is 4.57 Å². The molecule has 8 nitrogen and oxygen atoms in total. The Morgan fingerprint density at radius 2 is 1.88 bits per heavy atom. The Morgan fingerprint density at radius 1 is 1.20 bits per heavy atom. The molecule has 0 fully saturated rings. The number of hydrogen-bond acceptors (Lipinski definition) is 5. The molecule has 3 rings (SSSR count). The molecule has 126 valence electrons. The Bertz CT molecular complexity index is 989. The Labute approximate surface area is 142 Å². The topological polar surface area (TPSA) is 102 Å². The largest absolute Gasteiger partial charge is 0.326 e. The number of nitrogens with zero attached hydrogens (tertiary/aromatic N) is 4. The zero-order valence-electron chi connectivity index (χ0n) is 13.6. The van der Waals surface area contributed by atoms with Crippen LogP contribution in [0.4, 0.5) is 5.69 Å². The molecule has 0 saturated heterocycles. The number of aryl methyl sites for hydroxylation is 1. The van der Waals surface area contributed by atoms with Crippen LogP contribution in [0.5, 0.6) is 0 Å². The molecule has 0 spiro atoms. The van der Waals surface area contributed by atoms with Gasteiger partial charge in [0.05, 0.1) is 16.0 Å². The molecule has 1 amide bonds. The van der Waals surface area contributed by atoms with Gasteiger partial charge in [-0.05, 0) is 31.2 Å². The first-order valence-corrected chi connectivity index (χ1v) is 7.48. The van der Waals surface area contributed by atoms with Crippen molar-refractivity contribution in [2.45, 2.75) is 6.92 Å². The molecular weight excluding hydrogens is 322 g/mol. The maximum absolute atomic E-state index is 12.1. The van der Waals surface area contributed by atoms with Gasteiger partial charge in [-0.2, -0.15) is 5.10 Å². The molecule has 25 heavy (non-hydrogen) atoms. The van der Waals surface area contributed by atoms with E-state index in [1.54, 1.807) is 6.92 Å². The molecule has 1 heterocycles. The van der Waals surface area contributed by atoms with Crippen molar-refractivity contribution in [3.05, 3.63) is 70.0 Å². The first kappa shape index (κ1) is 16.3. The summed E-state index contributed by atoms with van der Waals surface area (Å²) in [7, 11) is 1.88. The number of benzene rings is 2. The number of para-hydroxylation sites is 2. The molecule has 3 aromatic rings. The fraction of sp³-hybridized carbons (Fsp3) is 0.118. The van der Waals surface area contributed by atoms with E-state index in [0.717, 1.165) is 11.0 Å². The number of hydrogen-bond donors (Lipinski definition) is 1. The number of nitrogens with one attached hydrogen (secondary N) is 1. The summed E-state index contributed by atoms with van der Waals surface area (Å²) in [6, 6.07) is 13.0. The average molecular weight is 337 g/mol. The van der Waals surface area contributed by atoms with Gasteiger partial charge in [0, 0.05) is 24.7 Å². The quantitative estimate of drug-likeness (QED) is 0.449. The van der Waals surface area contributed by atoms with Crippen LogP contribution in [0.25, 0.3) is 11.0 Å². The van der Waals surface area contributed by atoms with Gasteiger partial charge in [0.1, 0.15) is 5.71 Å². The minimum Gasteiger partial charge on any atom is -0.326 e. The van der Waals surface area contributed by atoms with Crippen molar-refractivity contribution >= 4 is 28.3 Å². The molecule has 0 aliphatic carbocycles. The number of carbonyl (C=O) groups is 1. The maximum atomic E-state index is 12.1. The van der Waals surface area contributed by atoms with E-state index < -0.39 is 10.8 Å². The van der Waals surface area contributed by atoms with Gasteiger partial charge in [-0.3, -0.25) is 14.9 Å². The highest BCUT2D eigenvalue weighted by Crippen LogP contribution is 2.15. The van der Waals surface area contributed by atoms with E-state index in [9.17, 15) is 14.9 Å². The standard InChI is InChI=1S/C17H15N5O3/c1-11(16-18-14-5-3-4-6-15(14)21(16)2)19-20-17(23)12-7-9-13(10-8-12)22(24)25/h3-10H,1-2H3,(H,20,23)/b19-11-. The summed E-state index contributed by atoms with van der Waals surface area (Å²) in [5.41, 5.74) is 5.01. The molecule has 0 aliphatic rings. The predicted molar refractivity (Wildman–Crippen MR) is 93.5 cm³/mol. The number of hydrazone groups is 1. The van der Waals surface area contributed by atoms with Crippen LogP contribution in [0.1, 0.15) is 23.1 Å². The van der Waals surface area contributed by atoms with Crippen LogP contribution in [-0.2, 0) is 7.05 Å². The number of fused-ring (bicyclic) bond motifs is 1. The lowest BCUT2D eigenvalue weighted by molar-refractivity contribution is -0.384. The van der Waals surface area contributed by atoms with Crippen LogP contribution in [0, 0.1) is 10.1 Å². The van der Waals surface area contributed by atoms with Crippen LogP contribution < -0.4 is 5.43 Å². The lowest BCUT2D eigenvalue weighted by Crippen LogP contribution is -2.20. The molecular formula is C17H15N5O3. The lowest BCUT2D eigenvalue weighted by Gasteiger charge is -2.03. The molecule has 8 heteroatoms.